The highest BCUT2D eigenvalue weighted by Crippen LogP contribution is 2.51. The van der Waals surface area contributed by atoms with Crippen LogP contribution in [0.25, 0.3) is 10.9 Å². The number of nitrogens with one attached hydrogen (secondary N) is 1. The van der Waals surface area contributed by atoms with Crippen molar-refractivity contribution in [2.24, 2.45) is 5.73 Å². The van der Waals surface area contributed by atoms with Crippen molar-refractivity contribution in [2.45, 2.75) is 37.0 Å². The normalized spacial score (nSPS) is 23.1. The molecule has 34 heavy (non-hydrogen) atoms. The quantitative estimate of drug-likeness (QED) is 0.554. The predicted molar refractivity (Wildman–Crippen MR) is 114 cm³/mol. The van der Waals surface area contributed by atoms with E-state index in [0.717, 1.165) is 19.1 Å². The van der Waals surface area contributed by atoms with Crippen molar-refractivity contribution in [3.63, 3.8) is 0 Å². The summed E-state index contributed by atoms with van der Waals surface area (Å²) in [5.74, 6) is -2.99. The number of primary amides is 1. The number of H-pyrrole nitrogens is 1. The highest BCUT2D eigenvalue weighted by molar-refractivity contribution is 6.03. The molecule has 0 unspecified atom stereocenters. The molecule has 3 atom stereocenters. The van der Waals surface area contributed by atoms with Gasteiger partial charge in [-0.15, -0.1) is 0 Å². The second kappa shape index (κ2) is 8.39. The Morgan fingerprint density at radius 3 is 2.65 bits per heavy atom. The number of nitrogens with two attached hydrogens (primary N) is 1. The first kappa shape index (κ1) is 23.7. The van der Waals surface area contributed by atoms with E-state index in [1.54, 1.807) is 0 Å². The number of carbonyl (C=O) groups excluding carboxylic acids is 1. The molecule has 0 radical (unpaired) electrons. The average Bonchev–Trinajstić information content (AvgIpc) is 2.77. The number of benzene rings is 1. The van der Waals surface area contributed by atoms with Gasteiger partial charge in [-0.1, -0.05) is 6.07 Å². The summed E-state index contributed by atoms with van der Waals surface area (Å²) in [7, 11) is 1.30. The van der Waals surface area contributed by atoms with Crippen LogP contribution in [0.3, 0.4) is 0 Å². The van der Waals surface area contributed by atoms with Crippen molar-refractivity contribution in [2.75, 3.05) is 13.7 Å². The summed E-state index contributed by atoms with van der Waals surface area (Å²) in [5, 5.41) is -0.0217. The summed E-state index contributed by atoms with van der Waals surface area (Å²) in [6, 6.07) is 6.28. The largest absolute Gasteiger partial charge is 0.496 e. The van der Waals surface area contributed by atoms with Gasteiger partial charge in [0.05, 0.1) is 24.6 Å². The van der Waals surface area contributed by atoms with E-state index < -0.39 is 47.2 Å². The zero-order valence-electron chi connectivity index (χ0n) is 18.2. The van der Waals surface area contributed by atoms with Crippen LogP contribution in [-0.2, 0) is 4.74 Å². The Labute approximate surface area is 190 Å². The number of carbonyl (C=O) groups is 1. The molecule has 3 aromatic rings. The number of aromatic amines is 1. The van der Waals surface area contributed by atoms with Gasteiger partial charge in [0.1, 0.15) is 17.3 Å². The maximum Gasteiger partial charge on any atom is 0.417 e. The molecule has 3 N–H and O–H groups in total. The van der Waals surface area contributed by atoms with Crippen LogP contribution in [0.4, 0.5) is 17.6 Å². The molecule has 180 valence electrons. The molecular weight excluding hydrogens is 458 g/mol. The molecule has 1 amide bonds. The molecule has 0 spiro atoms. The highest BCUT2D eigenvalue weighted by Gasteiger charge is 2.57. The summed E-state index contributed by atoms with van der Waals surface area (Å²) >= 11 is 0. The third kappa shape index (κ3) is 4.00. The van der Waals surface area contributed by atoms with E-state index in [9.17, 15) is 27.2 Å². The van der Waals surface area contributed by atoms with E-state index in [-0.39, 0.29) is 29.0 Å². The van der Waals surface area contributed by atoms with Crippen molar-refractivity contribution in [3.05, 3.63) is 69.5 Å². The molecule has 0 saturated carbocycles. The zero-order chi connectivity index (χ0) is 24.8. The van der Waals surface area contributed by atoms with Gasteiger partial charge in [-0.2, -0.15) is 13.2 Å². The minimum absolute atomic E-state index is 0.0217. The van der Waals surface area contributed by atoms with E-state index in [1.165, 1.54) is 31.5 Å². The standard InChI is InChI=1S/C23H21F4N3O4/c1-22(23(25,26)27)9-13(12-4-3-11(24)7-18(12)33-2)14(10-34-22)16-8-17(31)19-15(30-16)5-6-29-20(19)21(28)32/h3-8,13-14H,9-10H2,1-2H3,(H2,28,32)(H,30,31)/t13-,14+,22+/m0/s1. The van der Waals surface area contributed by atoms with Crippen molar-refractivity contribution in [1.29, 1.82) is 0 Å². The smallest absolute Gasteiger partial charge is 0.417 e. The lowest BCUT2D eigenvalue weighted by molar-refractivity contribution is -0.286. The molecular formula is C23H21F4N3O4. The molecule has 7 nitrogen and oxygen atoms in total. The molecule has 4 rings (SSSR count). The molecule has 3 heterocycles. The van der Waals surface area contributed by atoms with Crippen LogP contribution in [0.15, 0.2) is 41.3 Å². The summed E-state index contributed by atoms with van der Waals surface area (Å²) in [6.45, 7) is 0.580. The number of pyridine rings is 2. The number of methoxy groups -OCH3 is 1. The van der Waals surface area contributed by atoms with E-state index in [0.29, 0.717) is 11.3 Å². The van der Waals surface area contributed by atoms with E-state index in [4.69, 9.17) is 15.2 Å². The molecule has 0 bridgehead atoms. The van der Waals surface area contributed by atoms with Gasteiger partial charge in [0.15, 0.2) is 11.0 Å². The topological polar surface area (TPSA) is 107 Å². The van der Waals surface area contributed by atoms with Crippen molar-refractivity contribution >= 4 is 16.8 Å². The fourth-order valence-electron chi connectivity index (χ4n) is 4.44. The monoisotopic (exact) mass is 479 g/mol. The fraction of sp³-hybridized carbons (Fsp3) is 0.348. The molecule has 1 aliphatic rings. The number of alkyl halides is 3. The number of amides is 1. The lowest BCUT2D eigenvalue weighted by Gasteiger charge is -2.44. The van der Waals surface area contributed by atoms with Crippen LogP contribution in [0.2, 0.25) is 0 Å². The number of ether oxygens (including phenoxy) is 2. The predicted octanol–water partition coefficient (Wildman–Crippen LogP) is 3.78. The Hall–Kier alpha value is -3.47. The third-order valence-electron chi connectivity index (χ3n) is 6.27. The molecule has 2 aromatic heterocycles. The van der Waals surface area contributed by atoms with Crippen LogP contribution in [0.5, 0.6) is 5.75 Å². The zero-order valence-corrected chi connectivity index (χ0v) is 18.2. The fourth-order valence-corrected chi connectivity index (χ4v) is 4.44. The first-order valence-electron chi connectivity index (χ1n) is 10.3. The molecule has 1 aromatic carbocycles. The van der Waals surface area contributed by atoms with Gasteiger partial charge in [-0.05, 0) is 31.0 Å². The maximum absolute atomic E-state index is 13.9. The summed E-state index contributed by atoms with van der Waals surface area (Å²) < 4.78 is 66.0. The summed E-state index contributed by atoms with van der Waals surface area (Å²) in [4.78, 5) is 31.5. The van der Waals surface area contributed by atoms with Gasteiger partial charge in [0.2, 0.25) is 0 Å². The van der Waals surface area contributed by atoms with E-state index in [2.05, 4.69) is 9.97 Å². The minimum atomic E-state index is -4.66. The number of aromatic nitrogens is 2. The Bertz CT molecular complexity index is 1320. The lowest BCUT2D eigenvalue weighted by atomic mass is 9.74. The molecule has 1 fully saturated rings. The Morgan fingerprint density at radius 1 is 1.26 bits per heavy atom. The van der Waals surface area contributed by atoms with Crippen LogP contribution in [0, 0.1) is 5.82 Å². The Morgan fingerprint density at radius 2 is 2.00 bits per heavy atom. The van der Waals surface area contributed by atoms with Crippen LogP contribution >= 0.6 is 0 Å². The van der Waals surface area contributed by atoms with Crippen LogP contribution in [0.1, 0.15) is 46.9 Å². The summed E-state index contributed by atoms with van der Waals surface area (Å²) in [6.07, 6.45) is -3.87. The van der Waals surface area contributed by atoms with Gasteiger partial charge in [0.25, 0.3) is 5.91 Å². The second-order valence-corrected chi connectivity index (χ2v) is 8.38. The van der Waals surface area contributed by atoms with Crippen LogP contribution < -0.4 is 15.9 Å². The van der Waals surface area contributed by atoms with Crippen LogP contribution in [-0.4, -0.2) is 41.4 Å². The maximum atomic E-state index is 13.9. The van der Waals surface area contributed by atoms with Crippen molar-refractivity contribution in [3.8, 4) is 5.75 Å². The lowest BCUT2D eigenvalue weighted by Crippen LogP contribution is -2.50. The molecule has 0 aliphatic carbocycles. The molecule has 11 heteroatoms. The van der Waals surface area contributed by atoms with Crippen molar-refractivity contribution < 1.29 is 31.8 Å². The molecule has 1 saturated heterocycles. The highest BCUT2D eigenvalue weighted by atomic mass is 19.4. The van der Waals surface area contributed by atoms with Gasteiger partial charge < -0.3 is 20.2 Å². The van der Waals surface area contributed by atoms with E-state index in [1.807, 2.05) is 0 Å². The van der Waals surface area contributed by atoms with Gasteiger partial charge in [0, 0.05) is 35.9 Å². The summed E-state index contributed by atoms with van der Waals surface area (Å²) in [5.41, 5.74) is 2.96. The molecule has 1 aliphatic heterocycles. The first-order valence-corrected chi connectivity index (χ1v) is 10.3. The number of halogens is 4. The number of hydrogen-bond acceptors (Lipinski definition) is 5. The van der Waals surface area contributed by atoms with Gasteiger partial charge in [-0.25, -0.2) is 4.39 Å². The Balaban J connectivity index is 1.88. The van der Waals surface area contributed by atoms with Gasteiger partial charge >= 0.3 is 6.18 Å². The number of hydrogen-bond donors (Lipinski definition) is 2. The van der Waals surface area contributed by atoms with Gasteiger partial charge in [-0.3, -0.25) is 14.6 Å². The average molecular weight is 479 g/mol. The van der Waals surface area contributed by atoms with Crippen molar-refractivity contribution in [1.82, 2.24) is 9.97 Å². The first-order chi connectivity index (χ1) is 15.9. The number of rotatable bonds is 4. The third-order valence-corrected chi connectivity index (χ3v) is 6.27. The number of fused-ring (bicyclic) bond motifs is 1. The minimum Gasteiger partial charge on any atom is -0.496 e. The SMILES string of the molecule is COc1cc(F)ccc1[C@@H]1C[C@](C)(C(F)(F)F)OC[C@H]1c1cc(=O)c2c(C(N)=O)nccc2[nH]1. The number of nitrogens with zero attached hydrogens (tertiary/aromatic N) is 1. The second-order valence-electron chi connectivity index (χ2n) is 8.38. The Kier molecular flexibility index (Phi) is 5.84. The van der Waals surface area contributed by atoms with E-state index >= 15 is 0 Å².